The summed E-state index contributed by atoms with van der Waals surface area (Å²) in [5.74, 6) is 2.15. The molecule has 1 saturated heterocycles. The van der Waals surface area contributed by atoms with E-state index in [1.807, 2.05) is 25.1 Å². The van der Waals surface area contributed by atoms with Gasteiger partial charge in [0.05, 0.1) is 19.3 Å². The van der Waals surface area contributed by atoms with Gasteiger partial charge in [-0.1, -0.05) is 48.5 Å². The summed E-state index contributed by atoms with van der Waals surface area (Å²) in [4.78, 5) is 4.78. The largest absolute Gasteiger partial charge is 0.494 e. The van der Waals surface area contributed by atoms with Crippen molar-refractivity contribution in [2.45, 2.75) is 39.3 Å². The summed E-state index contributed by atoms with van der Waals surface area (Å²) in [5.41, 5.74) is 2.35. The fourth-order valence-corrected chi connectivity index (χ4v) is 3.73. The number of para-hydroxylation sites is 1. The maximum atomic E-state index is 6.12. The van der Waals surface area contributed by atoms with Crippen LogP contribution < -0.4 is 15.4 Å². The molecule has 1 aliphatic rings. The third-order valence-electron chi connectivity index (χ3n) is 5.13. The highest BCUT2D eigenvalue weighted by molar-refractivity contribution is 14.0. The van der Waals surface area contributed by atoms with E-state index < -0.39 is 0 Å². The van der Waals surface area contributed by atoms with Crippen LogP contribution in [0.15, 0.2) is 59.6 Å². The number of hydrogen-bond donors (Lipinski definition) is 2. The van der Waals surface area contributed by atoms with Crippen molar-refractivity contribution in [1.82, 2.24) is 10.6 Å². The van der Waals surface area contributed by atoms with Gasteiger partial charge in [-0.2, -0.15) is 0 Å². The fourth-order valence-electron chi connectivity index (χ4n) is 3.73. The van der Waals surface area contributed by atoms with E-state index in [-0.39, 0.29) is 30.1 Å². The Bertz CT molecular complexity index is 770. The normalized spacial score (nSPS) is 18.9. The Balaban J connectivity index is 0.00000320. The van der Waals surface area contributed by atoms with Gasteiger partial charge < -0.3 is 20.1 Å². The average Bonchev–Trinajstić information content (AvgIpc) is 2.77. The van der Waals surface area contributed by atoms with Crippen LogP contribution in [-0.4, -0.2) is 32.3 Å². The second-order valence-corrected chi connectivity index (χ2v) is 7.22. The number of aliphatic imine (C=N–C) groups is 1. The Morgan fingerprint density at radius 1 is 1.07 bits per heavy atom. The number of guanidine groups is 1. The van der Waals surface area contributed by atoms with E-state index in [9.17, 15) is 0 Å². The monoisotopic (exact) mass is 523 g/mol. The van der Waals surface area contributed by atoms with Crippen LogP contribution in [0, 0.1) is 5.92 Å². The predicted octanol–water partition coefficient (Wildman–Crippen LogP) is 4.93. The first-order valence-corrected chi connectivity index (χ1v) is 10.7. The minimum absolute atomic E-state index is 0. The molecule has 164 valence electrons. The van der Waals surface area contributed by atoms with E-state index in [1.165, 1.54) is 5.56 Å². The molecule has 2 atom stereocenters. The molecule has 6 heteroatoms. The van der Waals surface area contributed by atoms with Crippen molar-refractivity contribution >= 4 is 29.9 Å². The summed E-state index contributed by atoms with van der Waals surface area (Å²) in [6, 6.07) is 18.6. The van der Waals surface area contributed by atoms with Crippen LogP contribution in [0.3, 0.4) is 0 Å². The summed E-state index contributed by atoms with van der Waals surface area (Å²) in [5, 5.41) is 6.89. The van der Waals surface area contributed by atoms with Crippen LogP contribution in [-0.2, 0) is 11.3 Å². The number of rotatable bonds is 8. The standard InChI is InChI=1S/C24H33N3O2.HI/c1-3-25-24(26-17-20-13-8-9-15-22(20)28-4-2)27-18-21-14-10-16-29-23(21)19-11-6-5-7-12-19;/h5-9,11-13,15,21,23H,3-4,10,14,16-18H2,1-2H3,(H2,25,26,27);1H. The quantitative estimate of drug-likeness (QED) is 0.293. The maximum absolute atomic E-state index is 6.12. The zero-order chi connectivity index (χ0) is 20.3. The van der Waals surface area contributed by atoms with Gasteiger partial charge in [-0.3, -0.25) is 0 Å². The summed E-state index contributed by atoms with van der Waals surface area (Å²) in [7, 11) is 0. The highest BCUT2D eigenvalue weighted by atomic mass is 127. The van der Waals surface area contributed by atoms with E-state index in [1.54, 1.807) is 0 Å². The SMILES string of the molecule is CCNC(=NCc1ccccc1OCC)NCC1CCCOC1c1ccccc1.I. The topological polar surface area (TPSA) is 54.9 Å². The fraction of sp³-hybridized carbons (Fsp3) is 0.458. The van der Waals surface area contributed by atoms with E-state index in [0.717, 1.165) is 49.8 Å². The highest BCUT2D eigenvalue weighted by Crippen LogP contribution is 2.33. The maximum Gasteiger partial charge on any atom is 0.191 e. The lowest BCUT2D eigenvalue weighted by atomic mass is 9.89. The second kappa shape index (κ2) is 13.5. The Hall–Kier alpha value is -1.80. The number of nitrogens with one attached hydrogen (secondary N) is 2. The molecule has 0 bridgehead atoms. The van der Waals surface area contributed by atoms with Crippen molar-refractivity contribution < 1.29 is 9.47 Å². The lowest BCUT2D eigenvalue weighted by Crippen LogP contribution is -2.42. The molecule has 2 unspecified atom stereocenters. The van der Waals surface area contributed by atoms with E-state index in [0.29, 0.717) is 19.1 Å². The summed E-state index contributed by atoms with van der Waals surface area (Å²) >= 11 is 0. The van der Waals surface area contributed by atoms with Gasteiger partial charge in [0.25, 0.3) is 0 Å². The van der Waals surface area contributed by atoms with Crippen LogP contribution in [0.4, 0.5) is 0 Å². The first kappa shape index (κ1) is 24.5. The molecule has 0 spiro atoms. The molecule has 5 nitrogen and oxygen atoms in total. The number of halogens is 1. The molecule has 2 N–H and O–H groups in total. The number of hydrogen-bond acceptors (Lipinski definition) is 3. The van der Waals surface area contributed by atoms with Crippen molar-refractivity contribution in [1.29, 1.82) is 0 Å². The van der Waals surface area contributed by atoms with Crippen LogP contribution >= 0.6 is 24.0 Å². The van der Waals surface area contributed by atoms with Crippen molar-refractivity contribution in [3.63, 3.8) is 0 Å². The lowest BCUT2D eigenvalue weighted by Gasteiger charge is -2.32. The molecule has 2 aromatic rings. The minimum atomic E-state index is 0. The van der Waals surface area contributed by atoms with Crippen LogP contribution in [0.5, 0.6) is 5.75 Å². The summed E-state index contributed by atoms with van der Waals surface area (Å²) in [6.45, 7) is 7.80. The van der Waals surface area contributed by atoms with Crippen molar-refractivity contribution in [3.05, 3.63) is 65.7 Å². The molecule has 1 aliphatic heterocycles. The van der Waals surface area contributed by atoms with E-state index >= 15 is 0 Å². The van der Waals surface area contributed by atoms with Gasteiger partial charge in [0.15, 0.2) is 5.96 Å². The second-order valence-electron chi connectivity index (χ2n) is 7.22. The summed E-state index contributed by atoms with van der Waals surface area (Å²) < 4.78 is 11.8. The third-order valence-corrected chi connectivity index (χ3v) is 5.13. The van der Waals surface area contributed by atoms with Crippen molar-refractivity contribution in [2.24, 2.45) is 10.9 Å². The van der Waals surface area contributed by atoms with Crippen molar-refractivity contribution in [2.75, 3.05) is 26.3 Å². The summed E-state index contributed by atoms with van der Waals surface area (Å²) in [6.07, 6.45) is 2.39. The van der Waals surface area contributed by atoms with Gasteiger partial charge in [-0.05, 0) is 38.3 Å². The Morgan fingerprint density at radius 2 is 1.83 bits per heavy atom. The van der Waals surface area contributed by atoms with Crippen LogP contribution in [0.1, 0.15) is 43.9 Å². The smallest absolute Gasteiger partial charge is 0.191 e. The van der Waals surface area contributed by atoms with Gasteiger partial charge >= 0.3 is 0 Å². The van der Waals surface area contributed by atoms with Crippen LogP contribution in [0.25, 0.3) is 0 Å². The minimum Gasteiger partial charge on any atom is -0.494 e. The highest BCUT2D eigenvalue weighted by Gasteiger charge is 2.27. The first-order chi connectivity index (χ1) is 14.3. The molecule has 0 aliphatic carbocycles. The van der Waals surface area contributed by atoms with Gasteiger partial charge in [0.1, 0.15) is 5.75 Å². The molecule has 3 rings (SSSR count). The Kier molecular flexibility index (Phi) is 11.0. The van der Waals surface area contributed by atoms with Crippen LogP contribution in [0.2, 0.25) is 0 Å². The molecule has 0 radical (unpaired) electrons. The number of ether oxygens (including phenoxy) is 2. The van der Waals surface area contributed by atoms with Crippen molar-refractivity contribution in [3.8, 4) is 5.75 Å². The molecule has 2 aromatic carbocycles. The number of benzene rings is 2. The molecular formula is C24H34IN3O2. The van der Waals surface area contributed by atoms with E-state index in [4.69, 9.17) is 14.5 Å². The first-order valence-electron chi connectivity index (χ1n) is 10.7. The zero-order valence-electron chi connectivity index (χ0n) is 18.0. The molecule has 0 saturated carbocycles. The molecule has 1 fully saturated rings. The Labute approximate surface area is 197 Å². The van der Waals surface area contributed by atoms with Gasteiger partial charge in [-0.15, -0.1) is 24.0 Å². The van der Waals surface area contributed by atoms with Gasteiger partial charge in [-0.25, -0.2) is 4.99 Å². The third kappa shape index (κ3) is 7.16. The molecule has 1 heterocycles. The zero-order valence-corrected chi connectivity index (χ0v) is 20.3. The number of nitrogens with zero attached hydrogens (tertiary/aromatic N) is 1. The molecule has 0 amide bonds. The Morgan fingerprint density at radius 3 is 2.60 bits per heavy atom. The van der Waals surface area contributed by atoms with Gasteiger partial charge in [0, 0.05) is 31.2 Å². The molecular weight excluding hydrogens is 489 g/mol. The predicted molar refractivity (Wildman–Crippen MR) is 134 cm³/mol. The molecule has 0 aromatic heterocycles. The average molecular weight is 523 g/mol. The lowest BCUT2D eigenvalue weighted by molar-refractivity contribution is -0.0265. The molecule has 30 heavy (non-hydrogen) atoms. The van der Waals surface area contributed by atoms with Gasteiger partial charge in [0.2, 0.25) is 0 Å². The van der Waals surface area contributed by atoms with E-state index in [2.05, 4.69) is 54.0 Å².